The van der Waals surface area contributed by atoms with Gasteiger partial charge in [-0.3, -0.25) is 0 Å². The third-order valence-corrected chi connectivity index (χ3v) is 3.59. The molecule has 2 saturated carbocycles. The Morgan fingerprint density at radius 2 is 1.06 bits per heavy atom. The van der Waals surface area contributed by atoms with Gasteiger partial charge in [0.2, 0.25) is 0 Å². The van der Waals surface area contributed by atoms with E-state index in [0.717, 1.165) is 25.7 Å². The van der Waals surface area contributed by atoms with E-state index in [1.54, 1.807) is 0 Å². The van der Waals surface area contributed by atoms with Gasteiger partial charge in [0.15, 0.2) is 6.01 Å². The highest BCUT2D eigenvalue weighted by Crippen LogP contribution is 2.21. The molecule has 0 amide bonds. The number of hydrogen-bond donors (Lipinski definition) is 0. The van der Waals surface area contributed by atoms with Crippen LogP contribution >= 0.6 is 0 Å². The zero-order valence-corrected chi connectivity index (χ0v) is 10.4. The summed E-state index contributed by atoms with van der Waals surface area (Å²) in [5, 5.41) is 7.48. The lowest BCUT2D eigenvalue weighted by molar-refractivity contribution is 0.0243. The molecule has 0 unspecified atom stereocenters. The summed E-state index contributed by atoms with van der Waals surface area (Å²) in [7, 11) is 0. The molecule has 0 aromatic rings. The van der Waals surface area contributed by atoms with Gasteiger partial charge in [0.25, 0.3) is 0 Å². The highest BCUT2D eigenvalue weighted by molar-refractivity contribution is 5.38. The van der Waals surface area contributed by atoms with Crippen LogP contribution < -0.4 is 0 Å². The lowest BCUT2D eigenvalue weighted by Gasteiger charge is -2.18. The second kappa shape index (κ2) is 7.33. The third-order valence-electron chi connectivity index (χ3n) is 3.59. The standard InChI is InChI=1S/C13H22N2O2/c1-3-7-12(8-4-1)16-14-11-15-17-13-9-5-2-6-10-13/h12-13H,1-10H2. The predicted molar refractivity (Wildman–Crippen MR) is 65.8 cm³/mol. The quantitative estimate of drug-likeness (QED) is 0.553. The average Bonchev–Trinajstić information content (AvgIpc) is 2.41. The van der Waals surface area contributed by atoms with Gasteiger partial charge in [-0.25, -0.2) is 0 Å². The highest BCUT2D eigenvalue weighted by Gasteiger charge is 2.14. The van der Waals surface area contributed by atoms with Crippen LogP contribution in [0.1, 0.15) is 64.2 Å². The Morgan fingerprint density at radius 3 is 1.47 bits per heavy atom. The van der Waals surface area contributed by atoms with Gasteiger partial charge in [0.05, 0.1) is 0 Å². The van der Waals surface area contributed by atoms with Crippen molar-refractivity contribution in [1.29, 1.82) is 0 Å². The molecule has 0 atom stereocenters. The Labute approximate surface area is 103 Å². The van der Waals surface area contributed by atoms with E-state index in [0.29, 0.717) is 0 Å². The maximum atomic E-state index is 5.31. The van der Waals surface area contributed by atoms with Gasteiger partial charge in [0.1, 0.15) is 12.2 Å². The molecule has 0 saturated heterocycles. The van der Waals surface area contributed by atoms with Crippen molar-refractivity contribution in [3.8, 4) is 0 Å². The van der Waals surface area contributed by atoms with Crippen LogP contribution in [0.2, 0.25) is 0 Å². The molecular weight excluding hydrogens is 216 g/mol. The van der Waals surface area contributed by atoms with E-state index in [2.05, 4.69) is 16.3 Å². The van der Waals surface area contributed by atoms with Crippen LogP contribution in [-0.2, 0) is 9.68 Å². The molecule has 0 radical (unpaired) electrons. The van der Waals surface area contributed by atoms with E-state index in [4.69, 9.17) is 9.68 Å². The molecule has 2 aliphatic carbocycles. The Bertz CT molecular complexity index is 239. The first-order chi connectivity index (χ1) is 8.45. The second-order valence-electron chi connectivity index (χ2n) is 5.01. The maximum absolute atomic E-state index is 5.31. The van der Waals surface area contributed by atoms with Gasteiger partial charge >= 0.3 is 0 Å². The molecule has 2 fully saturated rings. The molecule has 96 valence electrons. The average molecular weight is 238 g/mol. The summed E-state index contributed by atoms with van der Waals surface area (Å²) in [5.41, 5.74) is 0. The molecule has 2 aliphatic rings. The first kappa shape index (κ1) is 12.4. The molecule has 2 rings (SSSR count). The Balaban J connectivity index is 1.61. The van der Waals surface area contributed by atoms with E-state index in [-0.39, 0.29) is 12.2 Å². The number of nitrogens with zero attached hydrogens (tertiary/aromatic N) is 2. The molecule has 0 aliphatic heterocycles. The van der Waals surface area contributed by atoms with E-state index in [9.17, 15) is 0 Å². The lowest BCUT2D eigenvalue weighted by atomic mass is 9.98. The van der Waals surface area contributed by atoms with Gasteiger partial charge < -0.3 is 9.68 Å². The number of hydrogen-bond acceptors (Lipinski definition) is 4. The van der Waals surface area contributed by atoms with Gasteiger partial charge in [-0.1, -0.05) is 12.8 Å². The molecule has 0 bridgehead atoms. The van der Waals surface area contributed by atoms with Crippen LogP contribution in [-0.4, -0.2) is 18.2 Å². The van der Waals surface area contributed by atoms with Crippen molar-refractivity contribution < 1.29 is 9.68 Å². The normalized spacial score (nSPS) is 22.6. The summed E-state index contributed by atoms with van der Waals surface area (Å²) >= 11 is 0. The van der Waals surface area contributed by atoms with Gasteiger partial charge in [0, 0.05) is 0 Å². The fourth-order valence-corrected chi connectivity index (χ4v) is 2.55. The number of rotatable bonds is 4. The van der Waals surface area contributed by atoms with Crippen molar-refractivity contribution in [1.82, 2.24) is 0 Å². The summed E-state index contributed by atoms with van der Waals surface area (Å²) in [6, 6.07) is 2.49. The summed E-state index contributed by atoms with van der Waals surface area (Å²) in [4.78, 5) is 10.6. The SMILES string of the molecule is C(=NOC1CCCCC1)=NOC1CCCCC1. The van der Waals surface area contributed by atoms with Crippen LogP contribution in [0.15, 0.2) is 10.3 Å². The van der Waals surface area contributed by atoms with Crippen molar-refractivity contribution in [2.24, 2.45) is 10.3 Å². The summed E-state index contributed by atoms with van der Waals surface area (Å²) < 4.78 is 0. The van der Waals surface area contributed by atoms with Crippen molar-refractivity contribution in [2.75, 3.05) is 0 Å². The third kappa shape index (κ3) is 4.78. The van der Waals surface area contributed by atoms with Crippen LogP contribution in [0.4, 0.5) is 0 Å². The predicted octanol–water partition coefficient (Wildman–Crippen LogP) is 3.69. The lowest BCUT2D eigenvalue weighted by Crippen LogP contribution is -2.14. The molecule has 0 heterocycles. The molecule has 0 N–H and O–H groups in total. The first-order valence-corrected chi connectivity index (χ1v) is 6.92. The van der Waals surface area contributed by atoms with Crippen molar-refractivity contribution in [3.63, 3.8) is 0 Å². The minimum atomic E-state index is 0.265. The van der Waals surface area contributed by atoms with Crippen molar-refractivity contribution in [2.45, 2.75) is 76.4 Å². The van der Waals surface area contributed by atoms with E-state index in [1.165, 1.54) is 38.5 Å². The minimum absolute atomic E-state index is 0.265. The van der Waals surface area contributed by atoms with E-state index < -0.39 is 0 Å². The topological polar surface area (TPSA) is 43.2 Å². The molecule has 17 heavy (non-hydrogen) atoms. The largest absolute Gasteiger partial charge is 0.384 e. The van der Waals surface area contributed by atoms with Gasteiger partial charge in [-0.15, -0.1) is 0 Å². The smallest absolute Gasteiger partial charge is 0.180 e. The molecule has 4 heteroatoms. The molecule has 0 spiro atoms. The van der Waals surface area contributed by atoms with Crippen LogP contribution in [0.5, 0.6) is 0 Å². The molecule has 0 aromatic heterocycles. The molecular formula is C13H22N2O2. The fourth-order valence-electron chi connectivity index (χ4n) is 2.55. The van der Waals surface area contributed by atoms with Crippen molar-refractivity contribution >= 4 is 6.01 Å². The Hall–Kier alpha value is -1.02. The maximum Gasteiger partial charge on any atom is 0.180 e. The summed E-state index contributed by atoms with van der Waals surface area (Å²) in [6.45, 7) is 0. The second-order valence-corrected chi connectivity index (χ2v) is 5.01. The summed E-state index contributed by atoms with van der Waals surface area (Å²) in [5.74, 6) is 0. The Kier molecular flexibility index (Phi) is 5.37. The monoisotopic (exact) mass is 238 g/mol. The summed E-state index contributed by atoms with van der Waals surface area (Å²) in [6.07, 6.45) is 12.6. The van der Waals surface area contributed by atoms with Crippen LogP contribution in [0.25, 0.3) is 0 Å². The van der Waals surface area contributed by atoms with Crippen LogP contribution in [0.3, 0.4) is 0 Å². The van der Waals surface area contributed by atoms with Gasteiger partial charge in [-0.2, -0.15) is 0 Å². The van der Waals surface area contributed by atoms with Gasteiger partial charge in [-0.05, 0) is 61.7 Å². The van der Waals surface area contributed by atoms with Crippen LogP contribution in [0, 0.1) is 0 Å². The van der Waals surface area contributed by atoms with E-state index in [1.807, 2.05) is 0 Å². The zero-order valence-electron chi connectivity index (χ0n) is 10.4. The van der Waals surface area contributed by atoms with E-state index >= 15 is 0 Å². The Morgan fingerprint density at radius 1 is 0.647 bits per heavy atom. The molecule has 4 nitrogen and oxygen atoms in total. The molecule has 0 aromatic carbocycles. The minimum Gasteiger partial charge on any atom is -0.384 e. The zero-order chi connectivity index (χ0) is 11.8. The highest BCUT2D eigenvalue weighted by atomic mass is 16.7. The van der Waals surface area contributed by atoms with Crippen molar-refractivity contribution in [3.05, 3.63) is 0 Å². The fraction of sp³-hybridized carbons (Fsp3) is 0.923. The first-order valence-electron chi connectivity index (χ1n) is 6.92.